The van der Waals surface area contributed by atoms with Crippen LogP contribution in [0.2, 0.25) is 0 Å². The maximum Gasteiger partial charge on any atom is 0.337 e. The molecule has 0 amide bonds. The highest BCUT2D eigenvalue weighted by Gasteiger charge is 2.42. The molecule has 2 saturated heterocycles. The predicted octanol–water partition coefficient (Wildman–Crippen LogP) is 1.80. The first kappa shape index (κ1) is 19.2. The number of esters is 1. The molecule has 2 aromatic rings. The fourth-order valence-corrected chi connectivity index (χ4v) is 4.43. The average molecular weight is 375 g/mol. The Kier molecular flexibility index (Phi) is 5.65. The summed E-state index contributed by atoms with van der Waals surface area (Å²) in [5, 5.41) is 16.4. The van der Waals surface area contributed by atoms with Gasteiger partial charge in [0.15, 0.2) is 0 Å². The Hall–Kier alpha value is -2.61. The molecule has 1 unspecified atom stereocenters. The largest absolute Gasteiger partial charge is 0.483 e. The van der Waals surface area contributed by atoms with Crippen molar-refractivity contribution in [2.75, 3.05) is 18.6 Å². The molecule has 0 radical (unpaired) electrons. The summed E-state index contributed by atoms with van der Waals surface area (Å²) >= 11 is 0. The highest BCUT2D eigenvalue weighted by atomic mass is 16.5. The molecule has 4 rings (SSSR count). The van der Waals surface area contributed by atoms with Gasteiger partial charge in [-0.05, 0) is 49.8 Å². The Labute approximate surface area is 157 Å². The monoisotopic (exact) mass is 375 g/mol. The minimum atomic E-state index is -0.340. The van der Waals surface area contributed by atoms with E-state index in [0.717, 1.165) is 42.7 Å². The fourth-order valence-electron chi connectivity index (χ4n) is 4.43. The Morgan fingerprint density at radius 2 is 1.96 bits per heavy atom. The van der Waals surface area contributed by atoms with E-state index in [1.165, 1.54) is 7.11 Å². The van der Waals surface area contributed by atoms with Crippen LogP contribution < -0.4 is 4.90 Å². The summed E-state index contributed by atoms with van der Waals surface area (Å²) in [5.74, 6) is 1.04. The number of rotatable bonds is 3. The van der Waals surface area contributed by atoms with Crippen LogP contribution in [-0.2, 0) is 16.6 Å². The summed E-state index contributed by atoms with van der Waals surface area (Å²) in [5.41, 5.74) is 2.36. The molecule has 0 aliphatic carbocycles. The van der Waals surface area contributed by atoms with Crippen molar-refractivity contribution in [1.29, 1.82) is 0 Å². The van der Waals surface area contributed by atoms with Crippen LogP contribution in [0.3, 0.4) is 0 Å². The first-order chi connectivity index (χ1) is 13.0. The number of aromatic nitrogens is 2. The first-order valence-electron chi connectivity index (χ1n) is 9.05. The second-order valence-electron chi connectivity index (χ2n) is 7.08. The Bertz CT molecular complexity index is 820. The lowest BCUT2D eigenvalue weighted by atomic mass is 9.92. The minimum absolute atomic E-state index is 0.250. The second kappa shape index (κ2) is 7.96. The number of benzene rings is 1. The van der Waals surface area contributed by atoms with Crippen molar-refractivity contribution >= 4 is 29.4 Å². The average Bonchev–Trinajstić information content (AvgIpc) is 3.13. The van der Waals surface area contributed by atoms with Crippen LogP contribution in [0.25, 0.3) is 11.0 Å². The number of aliphatic hydroxyl groups is 1. The zero-order chi connectivity index (χ0) is 19.6. The van der Waals surface area contributed by atoms with Crippen LogP contribution in [0.4, 0.5) is 5.95 Å². The molecule has 2 aliphatic rings. The molecule has 1 aromatic carbocycles. The van der Waals surface area contributed by atoms with E-state index in [1.807, 2.05) is 13.1 Å². The third kappa shape index (κ3) is 3.49. The van der Waals surface area contributed by atoms with Gasteiger partial charge in [-0.3, -0.25) is 4.79 Å². The van der Waals surface area contributed by atoms with Gasteiger partial charge in [-0.25, -0.2) is 9.78 Å². The van der Waals surface area contributed by atoms with E-state index in [-0.39, 0.29) is 19.0 Å². The summed E-state index contributed by atoms with van der Waals surface area (Å²) in [7, 11) is 3.42. The first-order valence-corrected chi connectivity index (χ1v) is 9.05. The molecule has 0 saturated carbocycles. The van der Waals surface area contributed by atoms with Crippen LogP contribution in [-0.4, -0.2) is 58.0 Å². The normalized spacial score (nSPS) is 23.7. The fraction of sp³-hybridized carbons (Fsp3) is 0.526. The van der Waals surface area contributed by atoms with Gasteiger partial charge < -0.3 is 24.4 Å². The molecule has 0 spiro atoms. The van der Waals surface area contributed by atoms with Crippen LogP contribution in [0, 0.1) is 5.92 Å². The molecule has 2 N–H and O–H groups in total. The lowest BCUT2D eigenvalue weighted by Gasteiger charge is -2.39. The topological polar surface area (TPSA) is 105 Å². The van der Waals surface area contributed by atoms with Crippen molar-refractivity contribution in [3.63, 3.8) is 0 Å². The third-order valence-electron chi connectivity index (χ3n) is 5.60. The Morgan fingerprint density at radius 1 is 1.33 bits per heavy atom. The van der Waals surface area contributed by atoms with Crippen LogP contribution in [0.1, 0.15) is 36.0 Å². The Balaban J connectivity index is 0.000000659. The SMILES string of the molecule is COC(=O)c1ccc2c(c1)nc(N1[C@@H]3CC[C@H]1CC(CO)C3)n2C.O=CO. The Morgan fingerprint density at radius 3 is 2.52 bits per heavy atom. The molecule has 3 atom stereocenters. The molecular formula is C19H25N3O5. The van der Waals surface area contributed by atoms with Crippen molar-refractivity contribution in [3.05, 3.63) is 23.8 Å². The zero-order valence-electron chi connectivity index (χ0n) is 15.5. The standard InChI is InChI=1S/C18H23N3O3.CH2O2/c1-20-16-6-3-12(17(23)24-2)9-15(16)19-18(20)21-13-4-5-14(21)8-11(7-13)10-22;2-1-3/h3,6,9,11,13-14,22H,4-5,7-8,10H2,1-2H3;1H,(H,2,3)/t11?,13-,14+;. The predicted molar refractivity (Wildman–Crippen MR) is 99.8 cm³/mol. The van der Waals surface area contributed by atoms with Crippen molar-refractivity contribution in [2.24, 2.45) is 13.0 Å². The lowest BCUT2D eigenvalue weighted by Crippen LogP contribution is -2.45. The third-order valence-corrected chi connectivity index (χ3v) is 5.60. The highest BCUT2D eigenvalue weighted by molar-refractivity contribution is 5.94. The number of carboxylic acid groups (broad SMARTS) is 1. The number of hydrogen-bond donors (Lipinski definition) is 2. The molecule has 146 valence electrons. The van der Waals surface area contributed by atoms with E-state index in [9.17, 15) is 9.90 Å². The van der Waals surface area contributed by atoms with Crippen LogP contribution >= 0.6 is 0 Å². The molecule has 8 nitrogen and oxygen atoms in total. The quantitative estimate of drug-likeness (QED) is 0.622. The van der Waals surface area contributed by atoms with Gasteiger partial charge in [0.2, 0.25) is 5.95 Å². The maximum atomic E-state index is 11.7. The number of anilines is 1. The van der Waals surface area contributed by atoms with E-state index in [2.05, 4.69) is 9.47 Å². The molecule has 8 heteroatoms. The summed E-state index contributed by atoms with van der Waals surface area (Å²) in [4.78, 5) is 27.4. The van der Waals surface area contributed by atoms with E-state index < -0.39 is 0 Å². The number of hydrogen-bond acceptors (Lipinski definition) is 6. The minimum Gasteiger partial charge on any atom is -0.483 e. The van der Waals surface area contributed by atoms with Gasteiger partial charge in [-0.2, -0.15) is 0 Å². The molecular weight excluding hydrogens is 350 g/mol. The smallest absolute Gasteiger partial charge is 0.337 e. The molecule has 2 bridgehead atoms. The van der Waals surface area contributed by atoms with Crippen LogP contribution in [0.5, 0.6) is 0 Å². The van der Waals surface area contributed by atoms with Gasteiger partial charge in [-0.15, -0.1) is 0 Å². The summed E-state index contributed by atoms with van der Waals surface area (Å²) in [6.07, 6.45) is 4.39. The molecule has 1 aromatic heterocycles. The number of imidazole rings is 1. The van der Waals surface area contributed by atoms with Gasteiger partial charge in [0.1, 0.15) is 0 Å². The summed E-state index contributed by atoms with van der Waals surface area (Å²) in [6, 6.07) is 6.42. The van der Waals surface area contributed by atoms with Crippen molar-refractivity contribution in [2.45, 2.75) is 37.8 Å². The second-order valence-corrected chi connectivity index (χ2v) is 7.08. The van der Waals surface area contributed by atoms with Gasteiger partial charge >= 0.3 is 5.97 Å². The van der Waals surface area contributed by atoms with Gasteiger partial charge in [-0.1, -0.05) is 0 Å². The van der Waals surface area contributed by atoms with E-state index in [0.29, 0.717) is 23.6 Å². The maximum absolute atomic E-state index is 11.7. The van der Waals surface area contributed by atoms with Gasteiger partial charge in [0.25, 0.3) is 6.47 Å². The number of ether oxygens (including phenoxy) is 1. The number of nitrogens with zero attached hydrogens (tertiary/aromatic N) is 3. The van der Waals surface area contributed by atoms with E-state index in [4.69, 9.17) is 19.6 Å². The molecule has 3 heterocycles. The summed E-state index contributed by atoms with van der Waals surface area (Å²) in [6.45, 7) is 0.0336. The van der Waals surface area contributed by atoms with Gasteiger partial charge in [0.05, 0.1) is 23.7 Å². The van der Waals surface area contributed by atoms with E-state index >= 15 is 0 Å². The summed E-state index contributed by atoms with van der Waals surface area (Å²) < 4.78 is 6.91. The number of fused-ring (bicyclic) bond motifs is 3. The van der Waals surface area contributed by atoms with Crippen molar-refractivity contribution in [3.8, 4) is 0 Å². The number of piperidine rings is 1. The number of carbonyl (C=O) groups is 2. The number of methoxy groups -OCH3 is 1. The number of aryl methyl sites for hydroxylation is 1. The highest BCUT2D eigenvalue weighted by Crippen LogP contribution is 2.41. The molecule has 27 heavy (non-hydrogen) atoms. The number of carbonyl (C=O) groups excluding carboxylic acids is 1. The lowest BCUT2D eigenvalue weighted by molar-refractivity contribution is -0.122. The van der Waals surface area contributed by atoms with Crippen molar-refractivity contribution in [1.82, 2.24) is 9.55 Å². The van der Waals surface area contributed by atoms with Crippen LogP contribution in [0.15, 0.2) is 18.2 Å². The van der Waals surface area contributed by atoms with Gasteiger partial charge in [0, 0.05) is 25.7 Å². The molecule has 2 fully saturated rings. The number of aliphatic hydroxyl groups excluding tert-OH is 1. The zero-order valence-corrected chi connectivity index (χ0v) is 15.5. The van der Waals surface area contributed by atoms with Crippen molar-refractivity contribution < 1.29 is 24.5 Å². The van der Waals surface area contributed by atoms with E-state index in [1.54, 1.807) is 12.1 Å². The molecule has 2 aliphatic heterocycles.